The first-order valence-electron chi connectivity index (χ1n) is 4.95. The molecule has 0 rings (SSSR count). The predicted octanol–water partition coefficient (Wildman–Crippen LogP) is 1.23. The summed E-state index contributed by atoms with van der Waals surface area (Å²) >= 11 is 0. The third-order valence-electron chi connectivity index (χ3n) is 1.78. The summed E-state index contributed by atoms with van der Waals surface area (Å²) in [5.41, 5.74) is 8.01. The van der Waals surface area contributed by atoms with Crippen molar-refractivity contribution in [2.45, 2.75) is 33.6 Å². The topological polar surface area (TPSA) is 79.8 Å². The molecule has 0 aromatic heterocycles. The minimum absolute atomic E-state index is 0.148. The zero-order valence-electron chi connectivity index (χ0n) is 9.32. The number of ether oxygens (including phenoxy) is 1. The quantitative estimate of drug-likeness (QED) is 0.218. The van der Waals surface area contributed by atoms with Crippen LogP contribution in [0.25, 0.3) is 5.53 Å². The molecular formula is C10H16N2O3. The fourth-order valence-electron chi connectivity index (χ4n) is 0.948. The second-order valence-electron chi connectivity index (χ2n) is 3.52. The van der Waals surface area contributed by atoms with E-state index in [0.29, 0.717) is 12.3 Å². The van der Waals surface area contributed by atoms with Crippen LogP contribution in [0.5, 0.6) is 0 Å². The summed E-state index contributed by atoms with van der Waals surface area (Å²) in [6, 6.07) is 0. The Kier molecular flexibility index (Phi) is 6.22. The number of Topliss-reactive ketones (excluding diaryl/α,β-unsaturated/α-hetero) is 1. The van der Waals surface area contributed by atoms with Crippen LogP contribution >= 0.6 is 0 Å². The zero-order valence-corrected chi connectivity index (χ0v) is 9.32. The van der Waals surface area contributed by atoms with Gasteiger partial charge in [-0.15, -0.1) is 0 Å². The lowest BCUT2D eigenvalue weighted by Gasteiger charge is -2.00. The number of rotatable bonds is 6. The molecule has 0 aromatic rings. The Labute approximate surface area is 89.0 Å². The van der Waals surface area contributed by atoms with E-state index in [1.807, 2.05) is 13.8 Å². The Morgan fingerprint density at radius 3 is 2.40 bits per heavy atom. The maximum Gasteiger partial charge on any atom is 0.441 e. The predicted molar refractivity (Wildman–Crippen MR) is 54.3 cm³/mol. The van der Waals surface area contributed by atoms with Crippen molar-refractivity contribution in [1.82, 2.24) is 0 Å². The summed E-state index contributed by atoms with van der Waals surface area (Å²) in [6.07, 6.45) is 0.840. The van der Waals surface area contributed by atoms with Crippen molar-refractivity contribution < 1.29 is 19.1 Å². The van der Waals surface area contributed by atoms with Crippen LogP contribution in [0.4, 0.5) is 0 Å². The van der Waals surface area contributed by atoms with E-state index in [1.165, 1.54) is 0 Å². The van der Waals surface area contributed by atoms with E-state index in [-0.39, 0.29) is 13.0 Å². The Morgan fingerprint density at radius 1 is 1.40 bits per heavy atom. The molecule has 0 radical (unpaired) electrons. The lowest BCUT2D eigenvalue weighted by Crippen LogP contribution is -2.27. The molecule has 0 aromatic carbocycles. The van der Waals surface area contributed by atoms with E-state index in [4.69, 9.17) is 5.53 Å². The van der Waals surface area contributed by atoms with Gasteiger partial charge in [0.05, 0.1) is 6.61 Å². The van der Waals surface area contributed by atoms with Crippen LogP contribution in [0.15, 0.2) is 0 Å². The lowest BCUT2D eigenvalue weighted by molar-refractivity contribution is -0.141. The van der Waals surface area contributed by atoms with Gasteiger partial charge >= 0.3 is 11.7 Å². The van der Waals surface area contributed by atoms with Crippen molar-refractivity contribution >= 4 is 17.5 Å². The van der Waals surface area contributed by atoms with Gasteiger partial charge in [-0.25, -0.2) is 4.79 Å². The van der Waals surface area contributed by atoms with Crippen molar-refractivity contribution in [1.29, 1.82) is 0 Å². The number of esters is 1. The second kappa shape index (κ2) is 6.90. The van der Waals surface area contributed by atoms with Crippen molar-refractivity contribution in [3.05, 3.63) is 5.53 Å². The number of ketones is 1. The monoisotopic (exact) mass is 212 g/mol. The van der Waals surface area contributed by atoms with E-state index >= 15 is 0 Å². The molecule has 0 aliphatic rings. The van der Waals surface area contributed by atoms with Crippen LogP contribution in [0.3, 0.4) is 0 Å². The van der Waals surface area contributed by atoms with Crippen molar-refractivity contribution in [3.63, 3.8) is 0 Å². The van der Waals surface area contributed by atoms with Crippen molar-refractivity contribution in [2.75, 3.05) is 6.61 Å². The standard InChI is InChI=1S/C10H16N2O3/c1-4-15-10(14)9(12-11)8(13)6-5-7(2)3/h7H,4-6H2,1-3H3. The van der Waals surface area contributed by atoms with Gasteiger partial charge < -0.3 is 10.3 Å². The third kappa shape index (κ3) is 5.08. The molecule has 0 saturated heterocycles. The van der Waals surface area contributed by atoms with Gasteiger partial charge in [0.1, 0.15) is 0 Å². The zero-order chi connectivity index (χ0) is 11.8. The average molecular weight is 212 g/mol. The molecule has 84 valence electrons. The number of carbonyl (C=O) groups is 2. The van der Waals surface area contributed by atoms with Gasteiger partial charge in [-0.3, -0.25) is 4.79 Å². The Morgan fingerprint density at radius 2 is 2.00 bits per heavy atom. The van der Waals surface area contributed by atoms with Crippen molar-refractivity contribution in [3.8, 4) is 0 Å². The SMILES string of the molecule is CCOC(=O)C(=[N+]=[N-])C(=O)CCC(C)C. The number of carbonyl (C=O) groups excluding carboxylic acids is 2. The smallest absolute Gasteiger partial charge is 0.441 e. The maximum atomic E-state index is 11.4. The Hall–Kier alpha value is -1.48. The number of nitrogens with zero attached hydrogens (tertiary/aromatic N) is 2. The second-order valence-corrected chi connectivity index (χ2v) is 3.52. The molecule has 15 heavy (non-hydrogen) atoms. The molecule has 0 aliphatic heterocycles. The van der Waals surface area contributed by atoms with E-state index in [9.17, 15) is 9.59 Å². The average Bonchev–Trinajstić information content (AvgIpc) is 2.16. The summed E-state index contributed by atoms with van der Waals surface area (Å²) in [7, 11) is 0. The molecule has 0 unspecified atom stereocenters. The first kappa shape index (κ1) is 13.5. The van der Waals surface area contributed by atoms with Crippen LogP contribution in [0.1, 0.15) is 33.6 Å². The molecule has 0 amide bonds. The fourth-order valence-corrected chi connectivity index (χ4v) is 0.948. The molecule has 5 heteroatoms. The molecule has 0 atom stereocenters. The highest BCUT2D eigenvalue weighted by atomic mass is 16.5. The summed E-state index contributed by atoms with van der Waals surface area (Å²) < 4.78 is 4.57. The minimum Gasteiger partial charge on any atom is -0.457 e. The van der Waals surface area contributed by atoms with Crippen LogP contribution < -0.4 is 0 Å². The lowest BCUT2D eigenvalue weighted by atomic mass is 10.0. The molecule has 0 aliphatic carbocycles. The highest BCUT2D eigenvalue weighted by Crippen LogP contribution is 2.04. The summed E-state index contributed by atoms with van der Waals surface area (Å²) in [4.78, 5) is 25.2. The first-order valence-corrected chi connectivity index (χ1v) is 4.95. The number of hydrogen-bond acceptors (Lipinski definition) is 3. The molecule has 0 heterocycles. The summed E-state index contributed by atoms with van der Waals surface area (Å²) in [6.45, 7) is 5.70. The fraction of sp³-hybridized carbons (Fsp3) is 0.700. The van der Waals surface area contributed by atoms with Crippen molar-refractivity contribution in [2.24, 2.45) is 5.92 Å². The highest BCUT2D eigenvalue weighted by Gasteiger charge is 2.30. The molecule has 0 N–H and O–H groups in total. The van der Waals surface area contributed by atoms with Gasteiger partial charge in [0.25, 0.3) is 5.78 Å². The van der Waals surface area contributed by atoms with Crippen LogP contribution in [0, 0.1) is 5.92 Å². The highest BCUT2D eigenvalue weighted by molar-refractivity contribution is 6.62. The number of hydrogen-bond donors (Lipinski definition) is 0. The van der Waals surface area contributed by atoms with Gasteiger partial charge in [0, 0.05) is 6.42 Å². The largest absolute Gasteiger partial charge is 0.457 e. The normalized spacial score (nSPS) is 9.60. The van der Waals surface area contributed by atoms with E-state index in [0.717, 1.165) is 0 Å². The Balaban J connectivity index is 4.37. The summed E-state index contributed by atoms with van der Waals surface area (Å²) in [5.74, 6) is -0.991. The molecule has 0 fully saturated rings. The van der Waals surface area contributed by atoms with Gasteiger partial charge in [-0.2, -0.15) is 4.79 Å². The summed E-state index contributed by atoms with van der Waals surface area (Å²) in [5, 5.41) is 0. The van der Waals surface area contributed by atoms with E-state index in [2.05, 4.69) is 9.53 Å². The van der Waals surface area contributed by atoms with E-state index in [1.54, 1.807) is 6.92 Å². The van der Waals surface area contributed by atoms with Gasteiger partial charge in [-0.05, 0) is 19.3 Å². The van der Waals surface area contributed by atoms with Crippen LogP contribution in [-0.4, -0.2) is 28.9 Å². The van der Waals surface area contributed by atoms with Crippen LogP contribution in [-0.2, 0) is 14.3 Å². The molecule has 0 saturated carbocycles. The third-order valence-corrected chi connectivity index (χ3v) is 1.78. The molecule has 5 nitrogen and oxygen atoms in total. The molecule has 0 spiro atoms. The molecule has 0 bridgehead atoms. The molecular weight excluding hydrogens is 196 g/mol. The van der Waals surface area contributed by atoms with Gasteiger partial charge in [-0.1, -0.05) is 13.8 Å². The van der Waals surface area contributed by atoms with Crippen LogP contribution in [0.2, 0.25) is 0 Å². The first-order chi connectivity index (χ1) is 7.02. The van der Waals surface area contributed by atoms with Gasteiger partial charge in [0.15, 0.2) is 0 Å². The Bertz CT molecular complexity index is 291. The maximum absolute atomic E-state index is 11.4. The van der Waals surface area contributed by atoms with E-state index < -0.39 is 17.5 Å². The van der Waals surface area contributed by atoms with Gasteiger partial charge in [0.2, 0.25) is 0 Å². The minimum atomic E-state index is -0.867.